The number of unbranched alkanes of at least 4 members (excludes halogenated alkanes) is 38. The van der Waals surface area contributed by atoms with E-state index in [0.717, 1.165) is 57.8 Å². The van der Waals surface area contributed by atoms with E-state index in [1.165, 1.54) is 205 Å². The van der Waals surface area contributed by atoms with E-state index in [-0.39, 0.29) is 18.5 Å². The molecule has 0 aromatic carbocycles. The van der Waals surface area contributed by atoms with Crippen LogP contribution in [-0.4, -0.2) is 47.4 Å². The molecule has 0 aromatic rings. The molecule has 0 aromatic heterocycles. The number of aliphatic hydroxyl groups excluding tert-OH is 2. The van der Waals surface area contributed by atoms with Crippen LogP contribution in [0.3, 0.4) is 0 Å². The van der Waals surface area contributed by atoms with E-state index in [9.17, 15) is 19.8 Å². The number of hydrogen-bond donors (Lipinski definition) is 3. The Morgan fingerprint density at radius 3 is 1.15 bits per heavy atom. The summed E-state index contributed by atoms with van der Waals surface area (Å²) in [5.74, 6) is -0.0784. The normalized spacial score (nSPS) is 12.7. The Kier molecular flexibility index (Phi) is 48.1. The van der Waals surface area contributed by atoms with Gasteiger partial charge in [0.1, 0.15) is 0 Å². The second kappa shape index (κ2) is 49.3. The van der Waals surface area contributed by atoms with Gasteiger partial charge in [0.15, 0.2) is 0 Å². The van der Waals surface area contributed by atoms with Gasteiger partial charge in [0.2, 0.25) is 5.91 Å². The lowest BCUT2D eigenvalue weighted by Gasteiger charge is -2.20. The standard InChI is InChI=1S/C53H103NO5/c1-3-5-7-9-11-13-15-17-21-25-29-33-37-41-45-51(56)50(49-55)54-52(57)46-42-38-34-30-26-22-19-20-24-28-32-36-40-44-48-59-53(58)47-43-39-35-31-27-23-18-16-14-12-10-8-6-4-2/h41,45,50-51,55-56H,3-40,42-44,46-49H2,1-2H3,(H,54,57)/b45-41+. The van der Waals surface area contributed by atoms with Crippen molar-refractivity contribution in [3.8, 4) is 0 Å². The third-order valence-corrected chi connectivity index (χ3v) is 12.3. The summed E-state index contributed by atoms with van der Waals surface area (Å²) in [6, 6.07) is -0.634. The number of hydrogen-bond acceptors (Lipinski definition) is 5. The quantitative estimate of drug-likeness (QED) is 0.0322. The van der Waals surface area contributed by atoms with Gasteiger partial charge in [-0.05, 0) is 32.1 Å². The highest BCUT2D eigenvalue weighted by atomic mass is 16.5. The molecule has 0 saturated heterocycles. The lowest BCUT2D eigenvalue weighted by molar-refractivity contribution is -0.143. The minimum Gasteiger partial charge on any atom is -0.466 e. The number of carbonyl (C=O) groups is 2. The SMILES string of the molecule is CCCCCCCCCCCCCC/C=C/C(O)C(CO)NC(=O)CCCCCCCCCCCCCCCCOC(=O)CCCCCCCCCCCCCCCC. The summed E-state index contributed by atoms with van der Waals surface area (Å²) >= 11 is 0. The molecule has 0 aliphatic carbocycles. The van der Waals surface area contributed by atoms with Crippen LogP contribution >= 0.6 is 0 Å². The van der Waals surface area contributed by atoms with Crippen molar-refractivity contribution in [1.29, 1.82) is 0 Å². The molecule has 0 aliphatic rings. The van der Waals surface area contributed by atoms with E-state index < -0.39 is 12.1 Å². The average molecular weight is 834 g/mol. The molecule has 0 bridgehead atoms. The van der Waals surface area contributed by atoms with Gasteiger partial charge in [-0.25, -0.2) is 0 Å². The minimum atomic E-state index is -0.849. The molecule has 0 spiro atoms. The number of amides is 1. The van der Waals surface area contributed by atoms with E-state index in [4.69, 9.17) is 4.74 Å². The summed E-state index contributed by atoms with van der Waals surface area (Å²) in [4.78, 5) is 24.4. The van der Waals surface area contributed by atoms with E-state index in [1.807, 2.05) is 6.08 Å². The first-order chi connectivity index (χ1) is 29.0. The van der Waals surface area contributed by atoms with Crippen LogP contribution < -0.4 is 5.32 Å². The molecule has 350 valence electrons. The van der Waals surface area contributed by atoms with E-state index in [1.54, 1.807) is 6.08 Å². The fourth-order valence-corrected chi connectivity index (χ4v) is 8.22. The molecule has 6 heteroatoms. The zero-order valence-electron chi connectivity index (χ0n) is 39.7. The Morgan fingerprint density at radius 2 is 0.780 bits per heavy atom. The largest absolute Gasteiger partial charge is 0.466 e. The van der Waals surface area contributed by atoms with Gasteiger partial charge >= 0.3 is 5.97 Å². The van der Waals surface area contributed by atoms with Gasteiger partial charge in [0.05, 0.1) is 25.4 Å². The van der Waals surface area contributed by atoms with Crippen LogP contribution in [0.2, 0.25) is 0 Å². The summed E-state index contributed by atoms with van der Waals surface area (Å²) in [6.07, 6.45) is 56.4. The number of ether oxygens (including phenoxy) is 1. The third-order valence-electron chi connectivity index (χ3n) is 12.3. The average Bonchev–Trinajstić information content (AvgIpc) is 3.24. The number of nitrogens with one attached hydrogen (secondary N) is 1. The predicted molar refractivity (Wildman–Crippen MR) is 255 cm³/mol. The van der Waals surface area contributed by atoms with Gasteiger partial charge in [0.25, 0.3) is 0 Å². The van der Waals surface area contributed by atoms with Crippen molar-refractivity contribution in [2.45, 2.75) is 302 Å². The van der Waals surface area contributed by atoms with Crippen LogP contribution in [0.25, 0.3) is 0 Å². The maximum absolute atomic E-state index is 12.4. The zero-order chi connectivity index (χ0) is 43.0. The lowest BCUT2D eigenvalue weighted by Crippen LogP contribution is -2.45. The Morgan fingerprint density at radius 1 is 0.458 bits per heavy atom. The molecular weight excluding hydrogens is 731 g/mol. The molecular formula is C53H103NO5. The first-order valence-electron chi connectivity index (χ1n) is 26.5. The molecule has 2 unspecified atom stereocenters. The number of allylic oxidation sites excluding steroid dienone is 1. The van der Waals surface area contributed by atoms with Crippen molar-refractivity contribution in [2.24, 2.45) is 0 Å². The second-order valence-corrected chi connectivity index (χ2v) is 18.2. The summed E-state index contributed by atoms with van der Waals surface area (Å²) in [5.41, 5.74) is 0. The first kappa shape index (κ1) is 57.6. The lowest BCUT2D eigenvalue weighted by atomic mass is 10.0. The fourth-order valence-electron chi connectivity index (χ4n) is 8.22. The minimum absolute atomic E-state index is 0.00104. The van der Waals surface area contributed by atoms with Gasteiger partial charge in [-0.3, -0.25) is 9.59 Å². The van der Waals surface area contributed by atoms with Crippen molar-refractivity contribution in [2.75, 3.05) is 13.2 Å². The summed E-state index contributed by atoms with van der Waals surface area (Å²) in [6.45, 7) is 4.89. The summed E-state index contributed by atoms with van der Waals surface area (Å²) < 4.78 is 5.47. The number of carbonyl (C=O) groups excluding carboxylic acids is 2. The number of rotatable bonds is 49. The summed E-state index contributed by atoms with van der Waals surface area (Å²) in [5, 5.41) is 23.0. The Hall–Kier alpha value is -1.40. The van der Waals surface area contributed by atoms with Crippen LogP contribution in [0.15, 0.2) is 12.2 Å². The van der Waals surface area contributed by atoms with Gasteiger partial charge in [-0.1, -0.05) is 257 Å². The van der Waals surface area contributed by atoms with E-state index in [0.29, 0.717) is 19.4 Å². The molecule has 6 nitrogen and oxygen atoms in total. The third kappa shape index (κ3) is 45.9. The van der Waals surface area contributed by atoms with Crippen LogP contribution in [0.4, 0.5) is 0 Å². The van der Waals surface area contributed by atoms with Crippen molar-refractivity contribution < 1.29 is 24.5 Å². The molecule has 0 radical (unpaired) electrons. The topological polar surface area (TPSA) is 95.9 Å². The van der Waals surface area contributed by atoms with Gasteiger partial charge < -0.3 is 20.3 Å². The van der Waals surface area contributed by atoms with Crippen molar-refractivity contribution >= 4 is 11.9 Å². The molecule has 0 fully saturated rings. The van der Waals surface area contributed by atoms with Crippen LogP contribution in [0.5, 0.6) is 0 Å². The number of aliphatic hydroxyl groups is 2. The highest BCUT2D eigenvalue weighted by Gasteiger charge is 2.18. The first-order valence-corrected chi connectivity index (χ1v) is 26.5. The Labute approximate surface area is 368 Å². The van der Waals surface area contributed by atoms with Crippen molar-refractivity contribution in [3.63, 3.8) is 0 Å². The van der Waals surface area contributed by atoms with E-state index in [2.05, 4.69) is 19.2 Å². The predicted octanol–water partition coefficient (Wildman–Crippen LogP) is 15.7. The van der Waals surface area contributed by atoms with Crippen molar-refractivity contribution in [1.82, 2.24) is 5.32 Å². The monoisotopic (exact) mass is 834 g/mol. The summed E-state index contributed by atoms with van der Waals surface area (Å²) in [7, 11) is 0. The zero-order valence-corrected chi connectivity index (χ0v) is 39.7. The van der Waals surface area contributed by atoms with Crippen LogP contribution in [-0.2, 0) is 14.3 Å². The van der Waals surface area contributed by atoms with Gasteiger partial charge in [0, 0.05) is 12.8 Å². The molecule has 0 rings (SSSR count). The molecule has 3 N–H and O–H groups in total. The molecule has 0 saturated carbocycles. The molecule has 1 amide bonds. The van der Waals surface area contributed by atoms with E-state index >= 15 is 0 Å². The molecule has 0 aliphatic heterocycles. The molecule has 0 heterocycles. The maximum Gasteiger partial charge on any atom is 0.305 e. The highest BCUT2D eigenvalue weighted by Crippen LogP contribution is 2.16. The highest BCUT2D eigenvalue weighted by molar-refractivity contribution is 5.76. The maximum atomic E-state index is 12.4. The van der Waals surface area contributed by atoms with Crippen LogP contribution in [0, 0.1) is 0 Å². The van der Waals surface area contributed by atoms with Gasteiger partial charge in [-0.15, -0.1) is 0 Å². The number of esters is 1. The molecule has 59 heavy (non-hydrogen) atoms. The fraction of sp³-hybridized carbons (Fsp3) is 0.925. The van der Waals surface area contributed by atoms with Crippen LogP contribution in [0.1, 0.15) is 290 Å². The second-order valence-electron chi connectivity index (χ2n) is 18.2. The smallest absolute Gasteiger partial charge is 0.305 e. The van der Waals surface area contributed by atoms with Gasteiger partial charge in [-0.2, -0.15) is 0 Å². The molecule has 2 atom stereocenters. The Balaban J connectivity index is 3.46. The van der Waals surface area contributed by atoms with Crippen molar-refractivity contribution in [3.05, 3.63) is 12.2 Å². The Bertz CT molecular complexity index is 878.